The van der Waals surface area contributed by atoms with Gasteiger partial charge in [-0.05, 0) is 127 Å². The number of ketones is 1. The Labute approximate surface area is 357 Å². The van der Waals surface area contributed by atoms with E-state index >= 15 is 0 Å². The van der Waals surface area contributed by atoms with E-state index in [1.54, 1.807) is 14.2 Å². The molecule has 0 spiro atoms. The van der Waals surface area contributed by atoms with Gasteiger partial charge in [-0.2, -0.15) is 0 Å². The monoisotopic (exact) mass is 821 g/mol. The highest BCUT2D eigenvalue weighted by Crippen LogP contribution is 2.59. The molecule has 8 heteroatoms. The molecule has 0 saturated heterocycles. The average molecular weight is 822 g/mol. The van der Waals surface area contributed by atoms with Gasteiger partial charge in [-0.3, -0.25) is 9.59 Å². The van der Waals surface area contributed by atoms with E-state index in [2.05, 4.69) is 56.3 Å². The number of ether oxygens (including phenoxy) is 2. The Hall–Kier alpha value is -5.28. The molecular weight excluding hydrogens is 767 g/mol. The first-order valence-corrected chi connectivity index (χ1v) is 22.0. The van der Waals surface area contributed by atoms with E-state index in [9.17, 15) is 19.8 Å². The van der Waals surface area contributed by atoms with Crippen LogP contribution in [-0.2, 0) is 24.2 Å². The summed E-state index contributed by atoms with van der Waals surface area (Å²) in [7, 11) is 3.18. The van der Waals surface area contributed by atoms with E-state index in [4.69, 9.17) is 9.47 Å². The molecule has 4 atom stereocenters. The van der Waals surface area contributed by atoms with Crippen molar-refractivity contribution in [3.63, 3.8) is 0 Å². The van der Waals surface area contributed by atoms with E-state index in [-0.39, 0.29) is 30.6 Å². The number of aliphatic hydroxyl groups excluding tert-OH is 1. The number of carbonyl (C=O) groups excluding carboxylic acids is 2. The molecule has 6 aromatic rings. The fraction of sp³-hybridized carbons (Fsp3) is 0.346. The fourth-order valence-electron chi connectivity index (χ4n) is 9.88. The molecule has 1 heterocycles. The molecule has 3 aliphatic carbocycles. The first-order chi connectivity index (χ1) is 29.0. The molecule has 0 aliphatic heterocycles. The van der Waals surface area contributed by atoms with E-state index in [0.717, 1.165) is 56.0 Å². The third kappa shape index (κ3) is 8.25. The Kier molecular flexibility index (Phi) is 12.0. The molecule has 9 rings (SSSR count). The van der Waals surface area contributed by atoms with E-state index in [1.165, 1.54) is 16.9 Å². The zero-order valence-corrected chi connectivity index (χ0v) is 35.9. The van der Waals surface area contributed by atoms with Crippen molar-refractivity contribution in [3.05, 3.63) is 154 Å². The molecule has 2 N–H and O–H groups in total. The number of hydrogen-bond donors (Lipinski definition) is 2. The molecule has 7 nitrogen and oxygen atoms in total. The van der Waals surface area contributed by atoms with Gasteiger partial charge in [0.15, 0.2) is 11.5 Å². The Morgan fingerprint density at radius 2 is 1.62 bits per heavy atom. The maximum Gasteiger partial charge on any atom is 0.227 e. The van der Waals surface area contributed by atoms with Crippen LogP contribution in [0.25, 0.3) is 20.9 Å². The van der Waals surface area contributed by atoms with Crippen molar-refractivity contribution in [1.82, 2.24) is 4.90 Å². The topological polar surface area (TPSA) is 96.3 Å². The molecule has 2 bridgehead atoms. The maximum atomic E-state index is 14.8. The van der Waals surface area contributed by atoms with Crippen molar-refractivity contribution in [1.29, 1.82) is 0 Å². The molecule has 1 aromatic heterocycles. The summed E-state index contributed by atoms with van der Waals surface area (Å²) in [6, 6.07) is 36.1. The van der Waals surface area contributed by atoms with Crippen LogP contribution in [0.5, 0.6) is 11.5 Å². The molecule has 60 heavy (non-hydrogen) atoms. The third-order valence-corrected chi connectivity index (χ3v) is 14.5. The number of aliphatic hydroxyl groups is 2. The summed E-state index contributed by atoms with van der Waals surface area (Å²) < 4.78 is 12.1. The summed E-state index contributed by atoms with van der Waals surface area (Å²) in [6.07, 6.45) is 6.17. The van der Waals surface area contributed by atoms with Crippen molar-refractivity contribution in [2.45, 2.75) is 89.4 Å². The highest BCUT2D eigenvalue weighted by atomic mass is 32.1. The number of allylic oxidation sites excluding steroid dienone is 2. The second-order valence-corrected chi connectivity index (χ2v) is 18.3. The van der Waals surface area contributed by atoms with Crippen LogP contribution < -0.4 is 9.47 Å². The summed E-state index contributed by atoms with van der Waals surface area (Å²) in [5, 5.41) is 27.7. The minimum Gasteiger partial charge on any atom is -0.493 e. The number of methoxy groups -OCH3 is 2. The van der Waals surface area contributed by atoms with Crippen molar-refractivity contribution >= 4 is 43.9 Å². The second kappa shape index (κ2) is 17.4. The van der Waals surface area contributed by atoms with Crippen LogP contribution >= 0.6 is 11.3 Å². The standard InChI is InChI=1S/C52H55NO6S/c1-34-11-10-25-51(2)44(42-22-19-35(27-40(54)21-18-34)28-43(42)50(56)48-31-38-13-6-8-17-47(38)60-48)24-26-52(51,57)33-53(32-39-15-9-14-37-12-5-7-16-41(37)39)49(55)30-36-20-23-45(58-3)46(29-36)59-4/h5-9,11-17,19-20,22-23,28-29,31,40,44,54,57H,10,18,21,24-27,30,32-33H2,1-4H3. The zero-order chi connectivity index (χ0) is 42.0. The van der Waals surface area contributed by atoms with Crippen LogP contribution in [0.3, 0.4) is 0 Å². The van der Waals surface area contributed by atoms with Crippen molar-refractivity contribution in [2.75, 3.05) is 20.8 Å². The lowest BCUT2D eigenvalue weighted by atomic mass is 9.64. The molecular formula is C52H55NO6S. The fourth-order valence-corrected chi connectivity index (χ4v) is 10.9. The summed E-state index contributed by atoms with van der Waals surface area (Å²) >= 11 is 1.50. The van der Waals surface area contributed by atoms with Gasteiger partial charge >= 0.3 is 0 Å². The van der Waals surface area contributed by atoms with Gasteiger partial charge < -0.3 is 24.6 Å². The summed E-state index contributed by atoms with van der Waals surface area (Å²) in [4.78, 5) is 32.1. The summed E-state index contributed by atoms with van der Waals surface area (Å²) in [5.74, 6) is 0.833. The molecule has 1 fully saturated rings. The van der Waals surface area contributed by atoms with E-state index in [0.29, 0.717) is 60.6 Å². The predicted octanol–water partition coefficient (Wildman–Crippen LogP) is 10.6. The van der Waals surface area contributed by atoms with Crippen LogP contribution in [0.2, 0.25) is 0 Å². The zero-order valence-electron chi connectivity index (χ0n) is 35.1. The van der Waals surface area contributed by atoms with Crippen molar-refractivity contribution < 1.29 is 29.3 Å². The number of nitrogens with zero attached hydrogens (tertiary/aromatic N) is 1. The maximum absolute atomic E-state index is 14.8. The number of carbonyl (C=O) groups is 2. The first-order valence-electron chi connectivity index (χ1n) is 21.2. The van der Waals surface area contributed by atoms with E-state index in [1.807, 2.05) is 77.7 Å². The Bertz CT molecular complexity index is 2540. The molecule has 5 aromatic carbocycles. The Balaban J connectivity index is 1.21. The van der Waals surface area contributed by atoms with Crippen LogP contribution in [0.4, 0.5) is 0 Å². The van der Waals surface area contributed by atoms with Crippen LogP contribution in [0.1, 0.15) is 95.8 Å². The lowest BCUT2D eigenvalue weighted by Crippen LogP contribution is -2.53. The largest absolute Gasteiger partial charge is 0.493 e. The van der Waals surface area contributed by atoms with Gasteiger partial charge in [0.05, 0.1) is 43.8 Å². The van der Waals surface area contributed by atoms with Crippen LogP contribution in [0.15, 0.2) is 121 Å². The van der Waals surface area contributed by atoms with Gasteiger partial charge in [0.1, 0.15) is 0 Å². The third-order valence-electron chi connectivity index (χ3n) is 13.4. The quantitative estimate of drug-likeness (QED) is 0.106. The van der Waals surface area contributed by atoms with Crippen molar-refractivity contribution in [3.8, 4) is 11.5 Å². The molecule has 4 unspecified atom stereocenters. The number of rotatable bonds is 10. The van der Waals surface area contributed by atoms with Crippen molar-refractivity contribution in [2.24, 2.45) is 5.41 Å². The van der Waals surface area contributed by atoms with Gasteiger partial charge in [0, 0.05) is 22.2 Å². The number of amides is 1. The SMILES string of the molecule is COc1ccc(CC(=O)N(Cc2cccc3ccccc23)CC2(O)CCC3c4ccc(cc4C(=O)c4cc5ccccc5s4)CC(O)CCC(C)=CCCC32C)cc1OC. The highest BCUT2D eigenvalue weighted by Gasteiger charge is 2.57. The minimum absolute atomic E-state index is 0.0363. The normalized spacial score (nSPS) is 21.9. The number of benzene rings is 5. The van der Waals surface area contributed by atoms with Gasteiger partial charge in [-0.1, -0.05) is 97.4 Å². The predicted molar refractivity (Wildman–Crippen MR) is 241 cm³/mol. The molecule has 310 valence electrons. The molecule has 3 aliphatic rings. The highest BCUT2D eigenvalue weighted by molar-refractivity contribution is 7.21. The number of hydrogen-bond acceptors (Lipinski definition) is 7. The lowest BCUT2D eigenvalue weighted by molar-refractivity contribution is -0.140. The molecule has 0 radical (unpaired) electrons. The second-order valence-electron chi connectivity index (χ2n) is 17.2. The van der Waals surface area contributed by atoms with Gasteiger partial charge in [-0.25, -0.2) is 0 Å². The van der Waals surface area contributed by atoms with Gasteiger partial charge in [0.2, 0.25) is 11.7 Å². The molecule has 1 saturated carbocycles. The summed E-state index contributed by atoms with van der Waals surface area (Å²) in [6.45, 7) is 4.75. The molecule has 1 amide bonds. The average Bonchev–Trinajstić information content (AvgIpc) is 3.80. The number of fused-ring (bicyclic) bond motifs is 10. The smallest absolute Gasteiger partial charge is 0.227 e. The van der Waals surface area contributed by atoms with Crippen LogP contribution in [-0.4, -0.2) is 59.3 Å². The Morgan fingerprint density at radius 3 is 2.42 bits per heavy atom. The first kappa shape index (κ1) is 41.5. The van der Waals surface area contributed by atoms with Crippen LogP contribution in [0, 0.1) is 5.41 Å². The van der Waals surface area contributed by atoms with Gasteiger partial charge in [-0.15, -0.1) is 11.3 Å². The lowest BCUT2D eigenvalue weighted by Gasteiger charge is -2.46. The number of thiophene rings is 1. The minimum atomic E-state index is -1.29. The van der Waals surface area contributed by atoms with Gasteiger partial charge in [0.25, 0.3) is 0 Å². The summed E-state index contributed by atoms with van der Waals surface area (Å²) in [5.41, 5.74) is 3.48. The van der Waals surface area contributed by atoms with E-state index < -0.39 is 17.1 Å². The Morgan fingerprint density at radius 1 is 0.850 bits per heavy atom.